The number of ether oxygens (including phenoxy) is 1. The van der Waals surface area contributed by atoms with E-state index in [1.165, 1.54) is 11.5 Å². The molecule has 0 amide bonds. The minimum absolute atomic E-state index is 0.150. The van der Waals surface area contributed by atoms with Gasteiger partial charge in [0.25, 0.3) is 0 Å². The molecule has 0 aliphatic carbocycles. The Morgan fingerprint density at radius 2 is 2.57 bits per heavy atom. The highest BCUT2D eigenvalue weighted by Crippen LogP contribution is 2.28. The standard InChI is InChI=1S/C9H11NO3S/c1-2-5-3-6-7(4-13-5)14-10-8(6)9(11)12/h5H,2-4H2,1H3,(H,11,12). The van der Waals surface area contributed by atoms with E-state index in [0.29, 0.717) is 13.0 Å². The minimum atomic E-state index is -0.931. The molecule has 0 radical (unpaired) electrons. The number of aromatic carboxylic acids is 1. The van der Waals surface area contributed by atoms with Crippen molar-refractivity contribution in [3.8, 4) is 0 Å². The molecule has 0 bridgehead atoms. The number of nitrogens with zero attached hydrogens (tertiary/aromatic N) is 1. The lowest BCUT2D eigenvalue weighted by atomic mass is 10.0. The van der Waals surface area contributed by atoms with Crippen LogP contribution in [0, 0.1) is 0 Å². The van der Waals surface area contributed by atoms with E-state index in [2.05, 4.69) is 4.37 Å². The first-order valence-electron chi connectivity index (χ1n) is 4.54. The summed E-state index contributed by atoms with van der Waals surface area (Å²) >= 11 is 1.24. The number of aromatic nitrogens is 1. The van der Waals surface area contributed by atoms with Gasteiger partial charge in [0.05, 0.1) is 17.6 Å². The smallest absolute Gasteiger partial charge is 0.355 e. The third kappa shape index (κ3) is 1.53. The number of hydrogen-bond acceptors (Lipinski definition) is 4. The highest BCUT2D eigenvalue weighted by atomic mass is 32.1. The maximum Gasteiger partial charge on any atom is 0.355 e. The molecular formula is C9H11NO3S. The topological polar surface area (TPSA) is 59.4 Å². The molecule has 1 aromatic heterocycles. The molecule has 1 N–H and O–H groups in total. The van der Waals surface area contributed by atoms with Crippen molar-refractivity contribution in [2.45, 2.75) is 32.5 Å². The molecule has 0 saturated carbocycles. The van der Waals surface area contributed by atoms with E-state index in [1.807, 2.05) is 6.92 Å². The summed E-state index contributed by atoms with van der Waals surface area (Å²) in [5.41, 5.74) is 1.09. The van der Waals surface area contributed by atoms with Crippen molar-refractivity contribution in [3.05, 3.63) is 16.1 Å². The van der Waals surface area contributed by atoms with Crippen molar-refractivity contribution in [2.75, 3.05) is 0 Å². The number of carboxylic acids is 1. The first-order chi connectivity index (χ1) is 6.72. The molecule has 1 unspecified atom stereocenters. The van der Waals surface area contributed by atoms with Gasteiger partial charge in [-0.15, -0.1) is 0 Å². The quantitative estimate of drug-likeness (QED) is 0.812. The summed E-state index contributed by atoms with van der Waals surface area (Å²) in [5.74, 6) is -0.931. The summed E-state index contributed by atoms with van der Waals surface area (Å²) in [4.78, 5) is 11.8. The second-order valence-corrected chi connectivity index (χ2v) is 4.14. The van der Waals surface area contributed by atoms with Crippen molar-refractivity contribution in [1.82, 2.24) is 4.37 Å². The summed E-state index contributed by atoms with van der Waals surface area (Å²) in [6.45, 7) is 2.55. The van der Waals surface area contributed by atoms with Gasteiger partial charge in [-0.2, -0.15) is 4.37 Å². The van der Waals surface area contributed by atoms with Gasteiger partial charge in [-0.1, -0.05) is 6.92 Å². The van der Waals surface area contributed by atoms with Gasteiger partial charge in [0.1, 0.15) is 0 Å². The molecule has 76 valence electrons. The lowest BCUT2D eigenvalue weighted by Crippen LogP contribution is -2.21. The van der Waals surface area contributed by atoms with Crippen LogP contribution in [0.3, 0.4) is 0 Å². The van der Waals surface area contributed by atoms with Gasteiger partial charge in [-0.25, -0.2) is 4.79 Å². The second kappa shape index (κ2) is 3.67. The Balaban J connectivity index is 2.32. The minimum Gasteiger partial charge on any atom is -0.476 e. The van der Waals surface area contributed by atoms with Gasteiger partial charge in [0.2, 0.25) is 0 Å². The highest BCUT2D eigenvalue weighted by Gasteiger charge is 2.26. The fourth-order valence-corrected chi connectivity index (χ4v) is 2.38. The zero-order valence-corrected chi connectivity index (χ0v) is 8.63. The fourth-order valence-electron chi connectivity index (χ4n) is 1.58. The van der Waals surface area contributed by atoms with Crippen LogP contribution in [0.25, 0.3) is 0 Å². The lowest BCUT2D eigenvalue weighted by molar-refractivity contribution is 0.0280. The molecule has 1 aliphatic rings. The van der Waals surface area contributed by atoms with E-state index in [-0.39, 0.29) is 11.8 Å². The zero-order valence-electron chi connectivity index (χ0n) is 7.82. The van der Waals surface area contributed by atoms with Gasteiger partial charge in [-0.3, -0.25) is 0 Å². The predicted molar refractivity (Wildman–Crippen MR) is 51.6 cm³/mol. The average Bonchev–Trinajstić information content (AvgIpc) is 2.59. The SMILES string of the molecule is CCC1Cc2c(C(=O)O)nsc2CO1. The van der Waals surface area contributed by atoms with Gasteiger partial charge in [0, 0.05) is 12.0 Å². The third-order valence-electron chi connectivity index (χ3n) is 2.41. The normalized spacial score (nSPS) is 20.5. The third-order valence-corrected chi connectivity index (χ3v) is 3.27. The van der Waals surface area contributed by atoms with E-state index in [4.69, 9.17) is 9.84 Å². The number of hydrogen-bond donors (Lipinski definition) is 1. The number of fused-ring (bicyclic) bond motifs is 1. The van der Waals surface area contributed by atoms with Gasteiger partial charge >= 0.3 is 5.97 Å². The molecule has 0 aromatic carbocycles. The van der Waals surface area contributed by atoms with E-state index in [1.54, 1.807) is 0 Å². The van der Waals surface area contributed by atoms with Crippen LogP contribution >= 0.6 is 11.5 Å². The molecule has 5 heteroatoms. The van der Waals surface area contributed by atoms with Gasteiger partial charge in [-0.05, 0) is 18.0 Å². The summed E-state index contributed by atoms with van der Waals surface area (Å²) in [7, 11) is 0. The van der Waals surface area contributed by atoms with Crippen molar-refractivity contribution >= 4 is 17.5 Å². The van der Waals surface area contributed by atoms with Crippen LogP contribution in [-0.4, -0.2) is 21.6 Å². The summed E-state index contributed by atoms with van der Waals surface area (Å²) in [6.07, 6.45) is 1.75. The van der Waals surface area contributed by atoms with Crippen LogP contribution in [0.1, 0.15) is 34.3 Å². The molecule has 1 aliphatic heterocycles. The van der Waals surface area contributed by atoms with Crippen molar-refractivity contribution in [2.24, 2.45) is 0 Å². The summed E-state index contributed by atoms with van der Waals surface area (Å²) < 4.78 is 9.45. The Bertz CT molecular complexity index is 361. The Labute approximate surface area is 85.7 Å². The molecule has 14 heavy (non-hydrogen) atoms. The molecule has 4 nitrogen and oxygen atoms in total. The van der Waals surface area contributed by atoms with E-state index in [9.17, 15) is 4.79 Å². The largest absolute Gasteiger partial charge is 0.476 e. The summed E-state index contributed by atoms with van der Waals surface area (Å²) in [6, 6.07) is 0. The number of carboxylic acid groups (broad SMARTS) is 1. The molecule has 2 rings (SSSR count). The number of carbonyl (C=O) groups is 1. The first-order valence-corrected chi connectivity index (χ1v) is 5.32. The Morgan fingerprint density at radius 3 is 3.21 bits per heavy atom. The number of rotatable bonds is 2. The molecule has 1 atom stereocenters. The molecular weight excluding hydrogens is 202 g/mol. The average molecular weight is 213 g/mol. The van der Waals surface area contributed by atoms with E-state index < -0.39 is 5.97 Å². The van der Waals surface area contributed by atoms with Crippen molar-refractivity contribution in [1.29, 1.82) is 0 Å². The van der Waals surface area contributed by atoms with Crippen molar-refractivity contribution in [3.63, 3.8) is 0 Å². The second-order valence-electron chi connectivity index (χ2n) is 3.28. The van der Waals surface area contributed by atoms with Crippen LogP contribution < -0.4 is 0 Å². The van der Waals surface area contributed by atoms with Crippen LogP contribution in [-0.2, 0) is 17.8 Å². The Morgan fingerprint density at radius 1 is 1.79 bits per heavy atom. The highest BCUT2D eigenvalue weighted by molar-refractivity contribution is 7.06. The molecule has 0 fully saturated rings. The monoisotopic (exact) mass is 213 g/mol. The van der Waals surface area contributed by atoms with Crippen LogP contribution in [0.4, 0.5) is 0 Å². The lowest BCUT2D eigenvalue weighted by Gasteiger charge is -2.21. The summed E-state index contributed by atoms with van der Waals surface area (Å²) in [5, 5.41) is 8.89. The van der Waals surface area contributed by atoms with Crippen LogP contribution in [0.2, 0.25) is 0 Å². The zero-order chi connectivity index (χ0) is 10.1. The first kappa shape index (κ1) is 9.61. The van der Waals surface area contributed by atoms with E-state index >= 15 is 0 Å². The predicted octanol–water partition coefficient (Wildman–Crippen LogP) is 1.69. The molecule has 2 heterocycles. The Kier molecular flexibility index (Phi) is 2.52. The maximum atomic E-state index is 10.8. The van der Waals surface area contributed by atoms with Crippen LogP contribution in [0.5, 0.6) is 0 Å². The maximum absolute atomic E-state index is 10.8. The molecule has 1 aromatic rings. The molecule has 0 saturated heterocycles. The van der Waals surface area contributed by atoms with Gasteiger partial charge < -0.3 is 9.84 Å². The van der Waals surface area contributed by atoms with Crippen LogP contribution in [0.15, 0.2) is 0 Å². The molecule has 0 spiro atoms. The van der Waals surface area contributed by atoms with Crippen molar-refractivity contribution < 1.29 is 14.6 Å². The van der Waals surface area contributed by atoms with E-state index in [0.717, 1.165) is 16.9 Å². The Hall–Kier alpha value is -0.940. The van der Waals surface area contributed by atoms with Gasteiger partial charge in [0.15, 0.2) is 5.69 Å². The fraction of sp³-hybridized carbons (Fsp3) is 0.556.